The van der Waals surface area contributed by atoms with Gasteiger partial charge < -0.3 is 15.9 Å². The molecule has 1 amide bonds. The molecule has 0 spiro atoms. The van der Waals surface area contributed by atoms with Crippen molar-refractivity contribution in [1.82, 2.24) is 0 Å². The van der Waals surface area contributed by atoms with Gasteiger partial charge in [0.1, 0.15) is 5.82 Å². The molecule has 0 unspecified atom stereocenters. The number of rotatable bonds is 5. The highest BCUT2D eigenvalue weighted by Gasteiger charge is 2.05. The SMILES string of the molecule is Cc1ccc(NC(=O)CO/N=C(\N)c2ccc(F)cc2)cc1Cl. The van der Waals surface area contributed by atoms with Crippen molar-refractivity contribution < 1.29 is 14.0 Å². The average Bonchev–Trinajstić information content (AvgIpc) is 2.51. The van der Waals surface area contributed by atoms with Crippen molar-refractivity contribution in [3.8, 4) is 0 Å². The van der Waals surface area contributed by atoms with Crippen LogP contribution >= 0.6 is 11.6 Å². The summed E-state index contributed by atoms with van der Waals surface area (Å²) < 4.78 is 12.8. The van der Waals surface area contributed by atoms with E-state index >= 15 is 0 Å². The Labute approximate surface area is 137 Å². The van der Waals surface area contributed by atoms with Crippen molar-refractivity contribution in [3.05, 3.63) is 64.4 Å². The lowest BCUT2D eigenvalue weighted by atomic mass is 10.2. The number of nitrogens with zero attached hydrogens (tertiary/aromatic N) is 1. The molecule has 2 rings (SSSR count). The summed E-state index contributed by atoms with van der Waals surface area (Å²) in [5, 5.41) is 6.80. The maximum Gasteiger partial charge on any atom is 0.265 e. The van der Waals surface area contributed by atoms with Crippen LogP contribution in [0.25, 0.3) is 0 Å². The van der Waals surface area contributed by atoms with Gasteiger partial charge in [0.05, 0.1) is 0 Å². The number of halogens is 2. The molecule has 5 nitrogen and oxygen atoms in total. The summed E-state index contributed by atoms with van der Waals surface area (Å²) in [6.07, 6.45) is 0. The molecule has 0 aliphatic carbocycles. The van der Waals surface area contributed by atoms with Crippen LogP contribution in [0, 0.1) is 12.7 Å². The van der Waals surface area contributed by atoms with Crippen molar-refractivity contribution in [2.45, 2.75) is 6.92 Å². The van der Waals surface area contributed by atoms with Crippen LogP contribution < -0.4 is 11.1 Å². The van der Waals surface area contributed by atoms with Gasteiger partial charge in [-0.05, 0) is 48.9 Å². The Balaban J connectivity index is 1.87. The van der Waals surface area contributed by atoms with Gasteiger partial charge in [0, 0.05) is 16.3 Å². The average molecular weight is 336 g/mol. The van der Waals surface area contributed by atoms with E-state index < -0.39 is 5.91 Å². The van der Waals surface area contributed by atoms with Crippen molar-refractivity contribution in [3.63, 3.8) is 0 Å². The number of amidine groups is 1. The fourth-order valence-electron chi connectivity index (χ4n) is 1.70. The molecule has 2 aromatic rings. The van der Waals surface area contributed by atoms with Gasteiger partial charge in [-0.1, -0.05) is 22.8 Å². The van der Waals surface area contributed by atoms with Crippen LogP contribution in [0.4, 0.5) is 10.1 Å². The maximum atomic E-state index is 12.8. The molecular weight excluding hydrogens is 321 g/mol. The number of amides is 1. The third-order valence-electron chi connectivity index (χ3n) is 2.95. The standard InChI is InChI=1S/C16H15ClFN3O2/c1-10-2-7-13(8-14(10)17)20-15(22)9-23-21-16(19)11-3-5-12(18)6-4-11/h2-8H,9H2,1H3,(H2,19,21)(H,20,22). The van der Waals surface area contributed by atoms with Crippen LogP contribution in [0.3, 0.4) is 0 Å². The van der Waals surface area contributed by atoms with Crippen LogP contribution in [0.15, 0.2) is 47.6 Å². The summed E-state index contributed by atoms with van der Waals surface area (Å²) in [6, 6.07) is 10.6. The largest absolute Gasteiger partial charge is 0.384 e. The summed E-state index contributed by atoms with van der Waals surface area (Å²) in [6.45, 7) is 1.55. The third kappa shape index (κ3) is 4.96. The first-order valence-corrected chi connectivity index (χ1v) is 7.11. The first-order chi connectivity index (χ1) is 11.0. The topological polar surface area (TPSA) is 76.7 Å². The smallest absolute Gasteiger partial charge is 0.265 e. The van der Waals surface area contributed by atoms with Gasteiger partial charge in [-0.15, -0.1) is 0 Å². The highest BCUT2D eigenvalue weighted by molar-refractivity contribution is 6.31. The molecule has 0 aromatic heterocycles. The van der Waals surface area contributed by atoms with Gasteiger partial charge in [0.25, 0.3) is 5.91 Å². The molecule has 0 radical (unpaired) electrons. The quantitative estimate of drug-likeness (QED) is 0.501. The Hall–Kier alpha value is -2.60. The highest BCUT2D eigenvalue weighted by Crippen LogP contribution is 2.19. The molecule has 3 N–H and O–H groups in total. The molecule has 23 heavy (non-hydrogen) atoms. The van der Waals surface area contributed by atoms with E-state index in [1.807, 2.05) is 6.92 Å². The molecule has 0 saturated heterocycles. The van der Waals surface area contributed by atoms with Crippen molar-refractivity contribution in [2.24, 2.45) is 10.9 Å². The molecule has 0 heterocycles. The van der Waals surface area contributed by atoms with E-state index in [1.54, 1.807) is 18.2 Å². The van der Waals surface area contributed by atoms with Crippen LogP contribution in [0.2, 0.25) is 5.02 Å². The van der Waals surface area contributed by atoms with Crippen LogP contribution in [0.1, 0.15) is 11.1 Å². The minimum absolute atomic E-state index is 0.0520. The number of hydrogen-bond acceptors (Lipinski definition) is 3. The Morgan fingerprint density at radius 2 is 2.00 bits per heavy atom. The van der Waals surface area contributed by atoms with Crippen LogP contribution in [0.5, 0.6) is 0 Å². The maximum absolute atomic E-state index is 12.8. The number of carbonyl (C=O) groups excluding carboxylic acids is 1. The zero-order valence-corrected chi connectivity index (χ0v) is 13.1. The van der Waals surface area contributed by atoms with E-state index in [2.05, 4.69) is 10.5 Å². The second kappa shape index (κ2) is 7.60. The van der Waals surface area contributed by atoms with Crippen molar-refractivity contribution in [1.29, 1.82) is 0 Å². The molecular formula is C16H15ClFN3O2. The zero-order chi connectivity index (χ0) is 16.8. The number of aryl methyl sites for hydroxylation is 1. The van der Waals surface area contributed by atoms with Gasteiger partial charge in [-0.3, -0.25) is 4.79 Å². The number of nitrogens with two attached hydrogens (primary N) is 1. The lowest BCUT2D eigenvalue weighted by Crippen LogP contribution is -2.19. The third-order valence-corrected chi connectivity index (χ3v) is 3.36. The number of hydrogen-bond donors (Lipinski definition) is 2. The Bertz CT molecular complexity index is 733. The predicted octanol–water partition coefficient (Wildman–Crippen LogP) is 3.06. The van der Waals surface area contributed by atoms with Gasteiger partial charge in [-0.25, -0.2) is 4.39 Å². The first kappa shape index (κ1) is 16.8. The van der Waals surface area contributed by atoms with E-state index in [1.165, 1.54) is 24.3 Å². The molecule has 0 aliphatic heterocycles. The molecule has 120 valence electrons. The van der Waals surface area contributed by atoms with Crippen molar-refractivity contribution in [2.75, 3.05) is 11.9 Å². The van der Waals surface area contributed by atoms with E-state index in [0.717, 1.165) is 5.56 Å². The molecule has 0 bridgehead atoms. The number of benzene rings is 2. The number of carbonyl (C=O) groups is 1. The molecule has 0 aliphatic rings. The summed E-state index contributed by atoms with van der Waals surface area (Å²) in [7, 11) is 0. The second-order valence-corrected chi connectivity index (χ2v) is 5.18. The summed E-state index contributed by atoms with van der Waals surface area (Å²) in [5.41, 5.74) is 7.65. The molecule has 0 fully saturated rings. The molecule has 0 atom stereocenters. The fraction of sp³-hybridized carbons (Fsp3) is 0.125. The Kier molecular flexibility index (Phi) is 5.54. The summed E-state index contributed by atoms with van der Waals surface area (Å²) >= 11 is 5.97. The summed E-state index contributed by atoms with van der Waals surface area (Å²) in [4.78, 5) is 16.6. The number of anilines is 1. The number of nitrogens with one attached hydrogen (secondary N) is 1. The summed E-state index contributed by atoms with van der Waals surface area (Å²) in [5.74, 6) is -0.727. The minimum Gasteiger partial charge on any atom is -0.384 e. The van der Waals surface area contributed by atoms with Crippen LogP contribution in [-0.2, 0) is 9.63 Å². The normalized spacial score (nSPS) is 11.2. The highest BCUT2D eigenvalue weighted by atomic mass is 35.5. The second-order valence-electron chi connectivity index (χ2n) is 4.77. The van der Waals surface area contributed by atoms with Crippen molar-refractivity contribution >= 4 is 29.0 Å². The van der Waals surface area contributed by atoms with Gasteiger partial charge in [-0.2, -0.15) is 0 Å². The first-order valence-electron chi connectivity index (χ1n) is 6.73. The van der Waals surface area contributed by atoms with E-state index in [9.17, 15) is 9.18 Å². The minimum atomic E-state index is -0.402. The molecule has 2 aromatic carbocycles. The Morgan fingerprint density at radius 1 is 1.30 bits per heavy atom. The molecule has 7 heteroatoms. The van der Waals surface area contributed by atoms with Crippen LogP contribution in [-0.4, -0.2) is 18.3 Å². The van der Waals surface area contributed by atoms with E-state index in [4.69, 9.17) is 22.2 Å². The van der Waals surface area contributed by atoms with Gasteiger partial charge in [0.2, 0.25) is 0 Å². The molecule has 0 saturated carbocycles. The van der Waals surface area contributed by atoms with E-state index in [0.29, 0.717) is 16.3 Å². The van der Waals surface area contributed by atoms with Gasteiger partial charge >= 0.3 is 0 Å². The zero-order valence-electron chi connectivity index (χ0n) is 12.3. The monoisotopic (exact) mass is 335 g/mol. The number of oxime groups is 1. The lowest BCUT2D eigenvalue weighted by Gasteiger charge is -2.06. The lowest BCUT2D eigenvalue weighted by molar-refractivity contribution is -0.120. The van der Waals surface area contributed by atoms with E-state index in [-0.39, 0.29) is 18.3 Å². The Morgan fingerprint density at radius 3 is 2.65 bits per heavy atom. The van der Waals surface area contributed by atoms with Gasteiger partial charge in [0.15, 0.2) is 12.4 Å². The predicted molar refractivity (Wildman–Crippen MR) is 87.9 cm³/mol. The fourth-order valence-corrected chi connectivity index (χ4v) is 1.88.